The number of benzene rings is 3. The largest absolute Gasteiger partial charge is 0.465 e. The first-order chi connectivity index (χ1) is 24.5. The van der Waals surface area contributed by atoms with Gasteiger partial charge in [0.25, 0.3) is 0 Å². The van der Waals surface area contributed by atoms with Crippen LogP contribution in [0, 0.1) is 11.8 Å². The molecule has 6 aromatic rings. The summed E-state index contributed by atoms with van der Waals surface area (Å²) in [5, 5.41) is 13.9. The molecule has 2 aliphatic heterocycles. The number of thiophene rings is 1. The van der Waals surface area contributed by atoms with E-state index in [0.29, 0.717) is 51.9 Å². The average molecular weight is 689 g/mol. The number of hydrogen-bond acceptors (Lipinski definition) is 7. The molecule has 1 amide bonds. The molecule has 2 aliphatic rings. The minimum Gasteiger partial charge on any atom is -0.465 e. The van der Waals surface area contributed by atoms with Gasteiger partial charge in [-0.3, -0.25) is 4.79 Å². The summed E-state index contributed by atoms with van der Waals surface area (Å²) >= 11 is 1.70. The highest BCUT2D eigenvalue weighted by molar-refractivity contribution is 7.07. The first kappa shape index (κ1) is 32.1. The van der Waals surface area contributed by atoms with Gasteiger partial charge in [-0.1, -0.05) is 54.6 Å². The van der Waals surface area contributed by atoms with Crippen LogP contribution in [-0.4, -0.2) is 74.0 Å². The van der Waals surface area contributed by atoms with Gasteiger partial charge >= 0.3 is 12.1 Å². The lowest BCUT2D eigenvalue weighted by molar-refractivity contribution is -0.151. The third kappa shape index (κ3) is 6.33. The van der Waals surface area contributed by atoms with Crippen LogP contribution in [0.4, 0.5) is 10.7 Å². The summed E-state index contributed by atoms with van der Waals surface area (Å²) in [5.41, 5.74) is 6.18. The Morgan fingerprint density at radius 3 is 2.20 bits per heavy atom. The number of amides is 1. The molecule has 0 radical (unpaired) electrons. The van der Waals surface area contributed by atoms with Crippen molar-refractivity contribution in [2.45, 2.75) is 38.3 Å². The number of rotatable bonds is 9. The summed E-state index contributed by atoms with van der Waals surface area (Å²) in [6.07, 6.45) is 1.84. The first-order valence-corrected chi connectivity index (χ1v) is 18.4. The van der Waals surface area contributed by atoms with E-state index in [1.165, 1.54) is 10.5 Å². The third-order valence-corrected chi connectivity index (χ3v) is 11.1. The third-order valence-electron chi connectivity index (χ3n) is 10.4. The van der Waals surface area contributed by atoms with E-state index in [1.54, 1.807) is 11.3 Å². The molecule has 1 unspecified atom stereocenters. The Labute approximate surface area is 294 Å². The molecule has 2 saturated heterocycles. The molecule has 10 nitrogen and oxygen atoms in total. The number of anilines is 1. The average Bonchev–Trinajstić information content (AvgIpc) is 3.91. The predicted octanol–water partition coefficient (Wildman–Crippen LogP) is 7.55. The van der Waals surface area contributed by atoms with Crippen molar-refractivity contribution in [3.05, 3.63) is 101 Å². The van der Waals surface area contributed by atoms with Crippen molar-refractivity contribution in [1.82, 2.24) is 24.0 Å². The minimum atomic E-state index is -0.891. The van der Waals surface area contributed by atoms with Crippen LogP contribution in [0.2, 0.25) is 0 Å². The van der Waals surface area contributed by atoms with Gasteiger partial charge < -0.3 is 28.8 Å². The fourth-order valence-corrected chi connectivity index (χ4v) is 8.35. The molecule has 0 spiro atoms. The fourth-order valence-electron chi connectivity index (χ4n) is 7.69. The molecule has 0 saturated carbocycles. The molecule has 256 valence electrons. The highest BCUT2D eigenvalue weighted by Gasteiger charge is 2.35. The van der Waals surface area contributed by atoms with Gasteiger partial charge in [-0.05, 0) is 78.3 Å². The Bertz CT molecular complexity index is 2090. The van der Waals surface area contributed by atoms with Crippen LogP contribution in [0.1, 0.15) is 37.3 Å². The van der Waals surface area contributed by atoms with Crippen molar-refractivity contribution in [2.24, 2.45) is 11.8 Å². The molecular weight excluding hydrogens is 649 g/mol. The molecule has 0 bridgehead atoms. The number of esters is 1. The van der Waals surface area contributed by atoms with Crippen molar-refractivity contribution in [2.75, 3.05) is 37.7 Å². The molecule has 50 heavy (non-hydrogen) atoms. The number of likely N-dealkylation sites (tertiary alicyclic amines) is 1. The van der Waals surface area contributed by atoms with Gasteiger partial charge in [0, 0.05) is 31.7 Å². The second kappa shape index (κ2) is 14.0. The number of piperidine rings is 2. The first-order valence-electron chi connectivity index (χ1n) is 17.4. The van der Waals surface area contributed by atoms with Crippen LogP contribution in [0.15, 0.2) is 95.7 Å². The van der Waals surface area contributed by atoms with E-state index >= 15 is 0 Å². The molecule has 2 fully saturated rings. The van der Waals surface area contributed by atoms with E-state index in [9.17, 15) is 14.7 Å². The second-order valence-corrected chi connectivity index (χ2v) is 14.1. The molecule has 11 heteroatoms. The normalized spacial score (nSPS) is 16.6. The highest BCUT2D eigenvalue weighted by atomic mass is 32.1. The standard InChI is InChI=1S/C39H40N6O4S/c46-37(30-16-19-42(20-17-30)38-41-31-10-4-6-12-33(31)44(38)24-27-18-23-50-26-27)49-25-35(28-14-21-43(22-15-28)39(47)48)45-34-13-7-5-11-32(34)40-36(45)29-8-2-1-3-9-29/h1-13,18,23,26,28,30,35H,14-17,19-22,24-25H2,(H,47,48). The number of ether oxygens (including phenoxy) is 1. The molecule has 0 aliphatic carbocycles. The molecular formula is C39H40N6O4S. The van der Waals surface area contributed by atoms with E-state index in [1.807, 2.05) is 42.5 Å². The monoisotopic (exact) mass is 688 g/mol. The summed E-state index contributed by atoms with van der Waals surface area (Å²) in [6, 6.07) is 28.4. The number of nitrogens with zero attached hydrogens (tertiary/aromatic N) is 6. The van der Waals surface area contributed by atoms with Crippen LogP contribution < -0.4 is 4.90 Å². The van der Waals surface area contributed by atoms with Gasteiger partial charge in [0.05, 0.1) is 40.6 Å². The van der Waals surface area contributed by atoms with Crippen LogP contribution >= 0.6 is 11.3 Å². The summed E-state index contributed by atoms with van der Waals surface area (Å²) < 4.78 is 10.8. The quantitative estimate of drug-likeness (QED) is 0.156. The summed E-state index contributed by atoms with van der Waals surface area (Å²) in [6.45, 7) is 3.29. The number of carbonyl (C=O) groups excluding carboxylic acids is 1. The maximum Gasteiger partial charge on any atom is 0.407 e. The van der Waals surface area contributed by atoms with Crippen molar-refractivity contribution in [3.8, 4) is 11.4 Å². The van der Waals surface area contributed by atoms with Gasteiger partial charge in [-0.15, -0.1) is 0 Å². The van der Waals surface area contributed by atoms with Crippen LogP contribution in [0.5, 0.6) is 0 Å². The zero-order valence-corrected chi connectivity index (χ0v) is 28.6. The number of carbonyl (C=O) groups is 2. The molecule has 3 aromatic carbocycles. The number of para-hydroxylation sites is 4. The topological polar surface area (TPSA) is 106 Å². The van der Waals surface area contributed by atoms with Gasteiger partial charge in [-0.2, -0.15) is 11.3 Å². The maximum absolute atomic E-state index is 13.8. The molecule has 5 heterocycles. The van der Waals surface area contributed by atoms with Crippen molar-refractivity contribution in [3.63, 3.8) is 0 Å². The summed E-state index contributed by atoms with van der Waals surface area (Å²) in [4.78, 5) is 39.4. The highest BCUT2D eigenvalue weighted by Crippen LogP contribution is 2.37. The van der Waals surface area contributed by atoms with E-state index in [2.05, 4.69) is 67.3 Å². The van der Waals surface area contributed by atoms with Crippen LogP contribution in [0.3, 0.4) is 0 Å². The Morgan fingerprint density at radius 2 is 1.50 bits per heavy atom. The molecule has 1 atom stereocenters. The van der Waals surface area contributed by atoms with Gasteiger partial charge in [0.1, 0.15) is 12.4 Å². The molecule has 8 rings (SSSR count). The summed E-state index contributed by atoms with van der Waals surface area (Å²) in [7, 11) is 0. The SMILES string of the molecule is O=C(OCC(C1CCN(C(=O)O)CC1)n1c(-c2ccccc2)nc2ccccc21)C1CCN(c2nc3ccccc3n2Cc2ccsc2)CC1. The zero-order chi connectivity index (χ0) is 34.0. The van der Waals surface area contributed by atoms with E-state index in [4.69, 9.17) is 14.7 Å². The molecule has 1 N–H and O–H groups in total. The number of fused-ring (bicyclic) bond motifs is 2. The van der Waals surface area contributed by atoms with Gasteiger partial charge in [0.2, 0.25) is 5.95 Å². The Kier molecular flexibility index (Phi) is 8.97. The van der Waals surface area contributed by atoms with Crippen molar-refractivity contribution in [1.29, 1.82) is 0 Å². The van der Waals surface area contributed by atoms with Gasteiger partial charge in [-0.25, -0.2) is 14.8 Å². The zero-order valence-electron chi connectivity index (χ0n) is 27.8. The Hall–Kier alpha value is -5.16. The molecule has 3 aromatic heterocycles. The maximum atomic E-state index is 13.8. The van der Waals surface area contributed by atoms with Crippen molar-refractivity contribution < 1.29 is 19.4 Å². The fraction of sp³-hybridized carbons (Fsp3) is 0.333. The lowest BCUT2D eigenvalue weighted by Gasteiger charge is -2.36. The van der Waals surface area contributed by atoms with E-state index < -0.39 is 6.09 Å². The van der Waals surface area contributed by atoms with Gasteiger partial charge in [0.15, 0.2) is 0 Å². The van der Waals surface area contributed by atoms with E-state index in [0.717, 1.165) is 45.9 Å². The number of carboxylic acid groups (broad SMARTS) is 1. The number of imidazole rings is 2. The van der Waals surface area contributed by atoms with E-state index in [-0.39, 0.29) is 30.5 Å². The summed E-state index contributed by atoms with van der Waals surface area (Å²) in [5.74, 6) is 1.50. The Balaban J connectivity index is 1.01. The minimum absolute atomic E-state index is 0.108. The second-order valence-electron chi connectivity index (χ2n) is 13.3. The van der Waals surface area contributed by atoms with Crippen LogP contribution in [-0.2, 0) is 16.1 Å². The lowest BCUT2D eigenvalue weighted by Crippen LogP contribution is -2.41. The predicted molar refractivity (Wildman–Crippen MR) is 196 cm³/mol. The van der Waals surface area contributed by atoms with Crippen LogP contribution in [0.25, 0.3) is 33.5 Å². The Morgan fingerprint density at radius 1 is 0.820 bits per heavy atom. The smallest absolute Gasteiger partial charge is 0.407 e. The van der Waals surface area contributed by atoms with Crippen molar-refractivity contribution >= 4 is 51.4 Å². The number of hydrogen-bond donors (Lipinski definition) is 1. The lowest BCUT2D eigenvalue weighted by atomic mass is 9.89. The number of aromatic nitrogens is 4.